The van der Waals surface area contributed by atoms with Gasteiger partial charge in [0.25, 0.3) is 0 Å². The number of aromatic nitrogens is 4. The molecule has 98 valence electrons. The molecule has 19 heavy (non-hydrogen) atoms. The Kier molecular flexibility index (Phi) is 2.98. The Labute approximate surface area is 115 Å². The third-order valence-corrected chi connectivity index (χ3v) is 3.40. The smallest absolute Gasteiger partial charge is 0.161 e. The Morgan fingerprint density at radius 2 is 2.21 bits per heavy atom. The van der Waals surface area contributed by atoms with Crippen LogP contribution in [0, 0.1) is 6.92 Å². The van der Waals surface area contributed by atoms with Gasteiger partial charge in [0.15, 0.2) is 5.65 Å². The molecule has 0 saturated heterocycles. The van der Waals surface area contributed by atoms with Gasteiger partial charge in [0.05, 0.1) is 12.9 Å². The summed E-state index contributed by atoms with van der Waals surface area (Å²) in [5.74, 6) is 0.922. The average Bonchev–Trinajstić information content (AvgIpc) is 2.95. The van der Waals surface area contributed by atoms with Crippen LogP contribution in [0.4, 0.5) is 0 Å². The normalized spacial score (nSPS) is 11.3. The van der Waals surface area contributed by atoms with Crippen LogP contribution < -0.4 is 0 Å². The lowest BCUT2D eigenvalue weighted by atomic mass is 10.2. The van der Waals surface area contributed by atoms with Gasteiger partial charge >= 0.3 is 0 Å². The minimum Gasteiger partial charge on any atom is -0.361 e. The van der Waals surface area contributed by atoms with E-state index in [9.17, 15) is 0 Å². The summed E-state index contributed by atoms with van der Waals surface area (Å²) in [5.41, 5.74) is 3.57. The highest BCUT2D eigenvalue weighted by molar-refractivity contribution is 6.29. The van der Waals surface area contributed by atoms with Gasteiger partial charge in [-0.2, -0.15) is 0 Å². The minimum absolute atomic E-state index is 0.459. The maximum absolute atomic E-state index is 5.92. The molecule has 3 aromatic heterocycles. The Morgan fingerprint density at radius 1 is 1.37 bits per heavy atom. The van der Waals surface area contributed by atoms with Gasteiger partial charge in [0, 0.05) is 12.0 Å². The Morgan fingerprint density at radius 3 is 2.95 bits per heavy atom. The third kappa shape index (κ3) is 2.10. The fourth-order valence-corrected chi connectivity index (χ4v) is 2.22. The molecule has 0 spiro atoms. The number of fused-ring (bicyclic) bond motifs is 1. The predicted molar refractivity (Wildman–Crippen MR) is 72.3 cm³/mol. The maximum Gasteiger partial charge on any atom is 0.161 e. The Balaban J connectivity index is 2.01. The third-order valence-electron chi connectivity index (χ3n) is 3.19. The molecule has 0 bridgehead atoms. The van der Waals surface area contributed by atoms with Crippen molar-refractivity contribution in [2.75, 3.05) is 0 Å². The largest absolute Gasteiger partial charge is 0.361 e. The summed E-state index contributed by atoms with van der Waals surface area (Å²) in [6.45, 7) is 4.65. The molecule has 5 nitrogen and oxygen atoms in total. The van der Waals surface area contributed by atoms with E-state index in [0.717, 1.165) is 34.6 Å². The second kappa shape index (κ2) is 4.66. The first kappa shape index (κ1) is 12.2. The molecule has 0 N–H and O–H groups in total. The predicted octanol–water partition coefficient (Wildman–Crippen LogP) is 2.99. The number of aryl methyl sites for hydroxylation is 1. The molecular formula is C13H13ClN4O. The van der Waals surface area contributed by atoms with Crippen LogP contribution in [0.25, 0.3) is 11.2 Å². The summed E-state index contributed by atoms with van der Waals surface area (Å²) in [7, 11) is 0. The molecule has 0 atom stereocenters. The Bertz CT molecular complexity index is 731. The van der Waals surface area contributed by atoms with E-state index < -0.39 is 0 Å². The van der Waals surface area contributed by atoms with Crippen molar-refractivity contribution >= 4 is 22.8 Å². The molecule has 0 saturated carbocycles. The van der Waals surface area contributed by atoms with Crippen molar-refractivity contribution in [1.82, 2.24) is 19.7 Å². The molecule has 0 unspecified atom stereocenters. The minimum atomic E-state index is 0.459. The SMILES string of the molecule is CCc1onc(Cn2cnc3ccc(Cl)nc32)c1C. The molecule has 6 heteroatoms. The molecular weight excluding hydrogens is 264 g/mol. The lowest BCUT2D eigenvalue weighted by Gasteiger charge is -2.01. The fourth-order valence-electron chi connectivity index (χ4n) is 2.08. The zero-order chi connectivity index (χ0) is 13.4. The second-order valence-electron chi connectivity index (χ2n) is 4.38. The second-order valence-corrected chi connectivity index (χ2v) is 4.77. The van der Waals surface area contributed by atoms with Gasteiger partial charge in [0.2, 0.25) is 0 Å². The summed E-state index contributed by atoms with van der Waals surface area (Å²) < 4.78 is 7.22. The number of nitrogens with zero attached hydrogens (tertiary/aromatic N) is 4. The number of imidazole rings is 1. The molecule has 3 rings (SSSR count). The number of halogens is 1. The van der Waals surface area contributed by atoms with Crippen molar-refractivity contribution in [3.8, 4) is 0 Å². The van der Waals surface area contributed by atoms with Gasteiger partial charge in [-0.25, -0.2) is 9.97 Å². The first-order chi connectivity index (χ1) is 9.19. The van der Waals surface area contributed by atoms with Crippen LogP contribution in [0.3, 0.4) is 0 Å². The number of rotatable bonds is 3. The van der Waals surface area contributed by atoms with Crippen molar-refractivity contribution in [1.29, 1.82) is 0 Å². The first-order valence-corrected chi connectivity index (χ1v) is 6.48. The van der Waals surface area contributed by atoms with E-state index in [1.54, 1.807) is 12.4 Å². The van der Waals surface area contributed by atoms with Crippen LogP contribution in [0.5, 0.6) is 0 Å². The molecule has 0 fully saturated rings. The van der Waals surface area contributed by atoms with Crippen LogP contribution >= 0.6 is 11.6 Å². The van der Waals surface area contributed by atoms with Crippen LogP contribution in [0.2, 0.25) is 5.15 Å². The van der Waals surface area contributed by atoms with Crippen molar-refractivity contribution in [3.05, 3.63) is 40.6 Å². The summed E-state index contributed by atoms with van der Waals surface area (Å²) in [4.78, 5) is 8.59. The van der Waals surface area contributed by atoms with Crippen molar-refractivity contribution in [2.45, 2.75) is 26.8 Å². The standard InChI is InChI=1S/C13H13ClN4O/c1-3-11-8(2)10(17-19-11)6-18-7-15-9-4-5-12(14)16-13(9)18/h4-5,7H,3,6H2,1-2H3. The zero-order valence-electron chi connectivity index (χ0n) is 10.7. The highest BCUT2D eigenvalue weighted by Crippen LogP contribution is 2.18. The quantitative estimate of drug-likeness (QED) is 0.690. The molecule has 3 aromatic rings. The highest BCUT2D eigenvalue weighted by Gasteiger charge is 2.12. The van der Waals surface area contributed by atoms with Crippen LogP contribution in [-0.4, -0.2) is 19.7 Å². The summed E-state index contributed by atoms with van der Waals surface area (Å²) in [6.07, 6.45) is 2.58. The van der Waals surface area contributed by atoms with Gasteiger partial charge < -0.3 is 9.09 Å². The lowest BCUT2D eigenvalue weighted by Crippen LogP contribution is -2.01. The van der Waals surface area contributed by atoms with Crippen LogP contribution in [0.1, 0.15) is 23.9 Å². The molecule has 0 aliphatic carbocycles. The van der Waals surface area contributed by atoms with Crippen molar-refractivity contribution in [3.63, 3.8) is 0 Å². The number of hydrogen-bond acceptors (Lipinski definition) is 4. The van der Waals surface area contributed by atoms with E-state index in [-0.39, 0.29) is 0 Å². The number of pyridine rings is 1. The molecule has 0 aliphatic rings. The van der Waals surface area contributed by atoms with E-state index in [2.05, 4.69) is 15.1 Å². The summed E-state index contributed by atoms with van der Waals surface area (Å²) >= 11 is 5.92. The molecule has 0 amide bonds. The van der Waals surface area contributed by atoms with E-state index in [1.807, 2.05) is 24.5 Å². The van der Waals surface area contributed by atoms with E-state index >= 15 is 0 Å². The van der Waals surface area contributed by atoms with Gasteiger partial charge in [0.1, 0.15) is 22.1 Å². The first-order valence-electron chi connectivity index (χ1n) is 6.10. The molecule has 0 radical (unpaired) electrons. The fraction of sp³-hybridized carbons (Fsp3) is 0.308. The van der Waals surface area contributed by atoms with Crippen molar-refractivity contribution < 1.29 is 4.52 Å². The lowest BCUT2D eigenvalue weighted by molar-refractivity contribution is 0.378. The Hall–Kier alpha value is -1.88. The topological polar surface area (TPSA) is 56.7 Å². The van der Waals surface area contributed by atoms with Crippen LogP contribution in [-0.2, 0) is 13.0 Å². The van der Waals surface area contributed by atoms with Crippen molar-refractivity contribution in [2.24, 2.45) is 0 Å². The molecule has 0 aromatic carbocycles. The van der Waals surface area contributed by atoms with E-state index in [4.69, 9.17) is 16.1 Å². The average molecular weight is 277 g/mol. The number of hydrogen-bond donors (Lipinski definition) is 0. The van der Waals surface area contributed by atoms with E-state index in [0.29, 0.717) is 11.7 Å². The zero-order valence-corrected chi connectivity index (χ0v) is 11.5. The summed E-state index contributed by atoms with van der Waals surface area (Å²) in [6, 6.07) is 3.59. The maximum atomic E-state index is 5.92. The van der Waals surface area contributed by atoms with Gasteiger partial charge in [-0.15, -0.1) is 0 Å². The molecule has 0 aliphatic heterocycles. The molecule has 3 heterocycles. The van der Waals surface area contributed by atoms with Crippen LogP contribution in [0.15, 0.2) is 23.0 Å². The van der Waals surface area contributed by atoms with Gasteiger partial charge in [-0.1, -0.05) is 23.7 Å². The highest BCUT2D eigenvalue weighted by atomic mass is 35.5. The van der Waals surface area contributed by atoms with Gasteiger partial charge in [-0.05, 0) is 19.1 Å². The summed E-state index contributed by atoms with van der Waals surface area (Å²) in [5, 5.41) is 4.56. The van der Waals surface area contributed by atoms with Gasteiger partial charge in [-0.3, -0.25) is 0 Å². The van der Waals surface area contributed by atoms with E-state index in [1.165, 1.54) is 0 Å². The monoisotopic (exact) mass is 276 g/mol.